The molecule has 1 atom stereocenters. The third-order valence-corrected chi connectivity index (χ3v) is 5.58. The van der Waals surface area contributed by atoms with Crippen LogP contribution in [0.4, 0.5) is 0 Å². The minimum absolute atomic E-state index is 0.240. The molecule has 0 heterocycles. The normalized spacial score (nSPS) is 14.0. The molecular formula is C31H38. The number of hydrogen-bond donors (Lipinski definition) is 0. The van der Waals surface area contributed by atoms with E-state index in [9.17, 15) is 0 Å². The molecule has 2 aromatic rings. The zero-order valence-electron chi connectivity index (χ0n) is 19.9. The number of hydrogen-bond acceptors (Lipinski definition) is 0. The fourth-order valence-electron chi connectivity index (χ4n) is 3.80. The van der Waals surface area contributed by atoms with Gasteiger partial charge in [0.25, 0.3) is 0 Å². The molecule has 162 valence electrons. The predicted molar refractivity (Wildman–Crippen MR) is 139 cm³/mol. The molecule has 0 heteroatoms. The molecule has 0 bridgehead atoms. The lowest BCUT2D eigenvalue weighted by Crippen LogP contribution is -2.11. The minimum Gasteiger partial charge on any atom is -0.0991 e. The molecule has 0 amide bonds. The zero-order chi connectivity index (χ0) is 22.6. The lowest BCUT2D eigenvalue weighted by Gasteiger charge is -2.24. The van der Waals surface area contributed by atoms with Crippen molar-refractivity contribution in [2.45, 2.75) is 53.4 Å². The molecule has 0 radical (unpaired) electrons. The Labute approximate surface area is 190 Å². The first-order valence-electron chi connectivity index (χ1n) is 11.4. The molecule has 0 aromatic heterocycles. The van der Waals surface area contributed by atoms with Gasteiger partial charge < -0.3 is 0 Å². The summed E-state index contributed by atoms with van der Waals surface area (Å²) in [6.45, 7) is 14.7. The Balaban J connectivity index is 2.54. The Hall–Kier alpha value is -2.86. The van der Waals surface area contributed by atoms with E-state index >= 15 is 0 Å². The lowest BCUT2D eigenvalue weighted by atomic mass is 9.79. The second-order valence-electron chi connectivity index (χ2n) is 8.53. The van der Waals surface area contributed by atoms with Crippen molar-refractivity contribution in [3.63, 3.8) is 0 Å². The maximum Gasteiger partial charge on any atom is 0.0187 e. The second-order valence-corrected chi connectivity index (χ2v) is 8.53. The monoisotopic (exact) mass is 410 g/mol. The van der Waals surface area contributed by atoms with Crippen LogP contribution in [-0.4, -0.2) is 0 Å². The molecule has 1 unspecified atom stereocenters. The van der Waals surface area contributed by atoms with Crippen LogP contribution in [0.5, 0.6) is 0 Å². The SMILES string of the molecule is C=C/C=C(C)\C=C/C(C=C/C=C(/C)CCC)C(c1ccc(C)cc1)c1ccc(C)cc1. The van der Waals surface area contributed by atoms with Crippen molar-refractivity contribution in [3.05, 3.63) is 131 Å². The van der Waals surface area contributed by atoms with Crippen molar-refractivity contribution in [2.24, 2.45) is 5.92 Å². The molecule has 0 N–H and O–H groups in total. The molecule has 0 aliphatic rings. The van der Waals surface area contributed by atoms with E-state index < -0.39 is 0 Å². The summed E-state index contributed by atoms with van der Waals surface area (Å²) in [7, 11) is 0. The first-order chi connectivity index (χ1) is 14.9. The van der Waals surface area contributed by atoms with E-state index in [4.69, 9.17) is 0 Å². The van der Waals surface area contributed by atoms with E-state index in [1.807, 2.05) is 6.08 Å². The molecular weight excluding hydrogens is 372 g/mol. The smallest absolute Gasteiger partial charge is 0.0187 e. The quantitative estimate of drug-likeness (QED) is 0.343. The molecule has 0 fully saturated rings. The van der Waals surface area contributed by atoms with Crippen LogP contribution in [0, 0.1) is 19.8 Å². The molecule has 0 nitrogen and oxygen atoms in total. The van der Waals surface area contributed by atoms with Gasteiger partial charge in [0.1, 0.15) is 0 Å². The highest BCUT2D eigenvalue weighted by atomic mass is 14.2. The molecule has 2 aromatic carbocycles. The van der Waals surface area contributed by atoms with Gasteiger partial charge in [-0.3, -0.25) is 0 Å². The van der Waals surface area contributed by atoms with Crippen LogP contribution in [0.3, 0.4) is 0 Å². The van der Waals surface area contributed by atoms with E-state index in [2.05, 4.69) is 126 Å². The summed E-state index contributed by atoms with van der Waals surface area (Å²) in [5.41, 5.74) is 7.89. The number of benzene rings is 2. The van der Waals surface area contributed by atoms with E-state index in [0.717, 1.165) is 6.42 Å². The standard InChI is InChI=1S/C31H38/c1-7-10-24(3)12-9-13-28(19-14-25(4)11-8-2)31(29-20-15-26(5)16-21-29)30-22-17-27(6)18-23-30/h8-9,11-23,28,31H,2,7,10H2,1,3-6H3/b13-9?,19-14-,24-12-,25-11-. The highest BCUT2D eigenvalue weighted by Gasteiger charge is 2.21. The third-order valence-electron chi connectivity index (χ3n) is 5.58. The first kappa shape index (κ1) is 24.4. The van der Waals surface area contributed by atoms with Crippen LogP contribution in [0.1, 0.15) is 61.8 Å². The maximum absolute atomic E-state index is 3.83. The predicted octanol–water partition coefficient (Wildman–Crippen LogP) is 9.04. The maximum atomic E-state index is 3.83. The molecule has 0 aliphatic heterocycles. The summed E-state index contributed by atoms with van der Waals surface area (Å²) in [5, 5.41) is 0. The Kier molecular flexibility index (Phi) is 10.0. The average molecular weight is 411 g/mol. The van der Waals surface area contributed by atoms with Crippen LogP contribution in [0.2, 0.25) is 0 Å². The lowest BCUT2D eigenvalue weighted by molar-refractivity contribution is 0.684. The van der Waals surface area contributed by atoms with E-state index in [1.165, 1.54) is 39.8 Å². The van der Waals surface area contributed by atoms with Crippen molar-refractivity contribution < 1.29 is 0 Å². The Morgan fingerprint density at radius 1 is 0.839 bits per heavy atom. The van der Waals surface area contributed by atoms with Gasteiger partial charge in [0, 0.05) is 11.8 Å². The summed E-state index contributed by atoms with van der Waals surface area (Å²) in [4.78, 5) is 0. The van der Waals surface area contributed by atoms with Gasteiger partial charge in [-0.05, 0) is 45.2 Å². The molecule has 2 rings (SSSR count). The van der Waals surface area contributed by atoms with Crippen LogP contribution in [0.25, 0.3) is 0 Å². The number of rotatable bonds is 10. The van der Waals surface area contributed by atoms with E-state index in [0.29, 0.717) is 0 Å². The van der Waals surface area contributed by atoms with Crippen molar-refractivity contribution in [3.8, 4) is 0 Å². The highest BCUT2D eigenvalue weighted by molar-refractivity contribution is 5.39. The van der Waals surface area contributed by atoms with Gasteiger partial charge >= 0.3 is 0 Å². The molecule has 0 spiro atoms. The summed E-state index contributed by atoms with van der Waals surface area (Å²) < 4.78 is 0. The third kappa shape index (κ3) is 8.06. The van der Waals surface area contributed by atoms with Gasteiger partial charge in [0.2, 0.25) is 0 Å². The number of aryl methyl sites for hydroxylation is 2. The van der Waals surface area contributed by atoms with E-state index in [-0.39, 0.29) is 11.8 Å². The minimum atomic E-state index is 0.240. The highest BCUT2D eigenvalue weighted by Crippen LogP contribution is 2.35. The fraction of sp³-hybridized carbons (Fsp3) is 0.290. The molecule has 31 heavy (non-hydrogen) atoms. The van der Waals surface area contributed by atoms with Crippen LogP contribution >= 0.6 is 0 Å². The molecule has 0 saturated carbocycles. The average Bonchev–Trinajstić information content (AvgIpc) is 2.75. The van der Waals surface area contributed by atoms with Crippen molar-refractivity contribution in [1.82, 2.24) is 0 Å². The Morgan fingerprint density at radius 3 is 1.87 bits per heavy atom. The van der Waals surface area contributed by atoms with Gasteiger partial charge in [0.05, 0.1) is 0 Å². The first-order valence-corrected chi connectivity index (χ1v) is 11.4. The molecule has 0 aliphatic carbocycles. The summed E-state index contributed by atoms with van der Waals surface area (Å²) in [6, 6.07) is 18.0. The van der Waals surface area contributed by atoms with Crippen LogP contribution < -0.4 is 0 Å². The van der Waals surface area contributed by atoms with Crippen LogP contribution in [0.15, 0.2) is 109 Å². The summed E-state index contributed by atoms with van der Waals surface area (Å²) in [6.07, 6.45) is 17.6. The van der Waals surface area contributed by atoms with Gasteiger partial charge in [0.15, 0.2) is 0 Å². The topological polar surface area (TPSA) is 0 Å². The summed E-state index contributed by atoms with van der Waals surface area (Å²) in [5.74, 6) is 0.495. The van der Waals surface area contributed by atoms with Gasteiger partial charge in [-0.1, -0.05) is 133 Å². The van der Waals surface area contributed by atoms with Gasteiger partial charge in [-0.2, -0.15) is 0 Å². The Bertz CT molecular complexity index is 885. The zero-order valence-corrected chi connectivity index (χ0v) is 19.9. The van der Waals surface area contributed by atoms with Crippen LogP contribution in [-0.2, 0) is 0 Å². The Morgan fingerprint density at radius 2 is 1.39 bits per heavy atom. The van der Waals surface area contributed by atoms with Gasteiger partial charge in [-0.15, -0.1) is 0 Å². The van der Waals surface area contributed by atoms with Crippen molar-refractivity contribution in [1.29, 1.82) is 0 Å². The second kappa shape index (κ2) is 12.7. The largest absolute Gasteiger partial charge is 0.0991 e. The van der Waals surface area contributed by atoms with Crippen molar-refractivity contribution >= 4 is 0 Å². The number of allylic oxidation sites excluding steroid dienone is 9. The molecule has 0 saturated heterocycles. The van der Waals surface area contributed by atoms with Gasteiger partial charge in [-0.25, -0.2) is 0 Å². The fourth-order valence-corrected chi connectivity index (χ4v) is 3.80. The van der Waals surface area contributed by atoms with Crippen molar-refractivity contribution in [2.75, 3.05) is 0 Å². The van der Waals surface area contributed by atoms with E-state index in [1.54, 1.807) is 0 Å². The summed E-state index contributed by atoms with van der Waals surface area (Å²) >= 11 is 0.